The first-order chi connectivity index (χ1) is 7.00. The Morgan fingerprint density at radius 1 is 1.12 bits per heavy atom. The van der Waals surface area contributed by atoms with Crippen LogP contribution in [-0.2, 0) is 14.7 Å². The van der Waals surface area contributed by atoms with Gasteiger partial charge in [0.25, 0.3) is 0 Å². The van der Waals surface area contributed by atoms with E-state index >= 15 is 0 Å². The van der Waals surface area contributed by atoms with Crippen molar-refractivity contribution in [1.29, 1.82) is 0 Å². The van der Waals surface area contributed by atoms with Crippen molar-refractivity contribution in [3.8, 4) is 0 Å². The number of hydrogen-bond donors (Lipinski definition) is 3. The van der Waals surface area contributed by atoms with E-state index in [-0.39, 0.29) is 56.3 Å². The van der Waals surface area contributed by atoms with Crippen molar-refractivity contribution in [3.05, 3.63) is 29.8 Å². The van der Waals surface area contributed by atoms with Gasteiger partial charge in [0.05, 0.1) is 4.90 Å². The van der Waals surface area contributed by atoms with Crippen LogP contribution in [0.2, 0.25) is 0 Å². The Labute approximate surface area is 141 Å². The molecule has 0 fully saturated rings. The molecule has 0 saturated carbocycles. The molecule has 0 aromatic heterocycles. The van der Waals surface area contributed by atoms with Crippen LogP contribution in [-0.4, -0.2) is 27.7 Å². The number of rotatable bonds is 1. The van der Waals surface area contributed by atoms with Crippen LogP contribution in [0.5, 0.6) is 0 Å². The molecule has 92 valence electrons. The normalized spacial score (nSPS) is 10.9. The molecule has 0 unspecified atom stereocenters. The van der Waals surface area contributed by atoms with Crippen molar-refractivity contribution >= 4 is 17.9 Å². The molecular weight excluding hydrogens is 298 g/mol. The average Bonchev–Trinajstić information content (AvgIpc) is 1.99. The van der Waals surface area contributed by atoms with Gasteiger partial charge >= 0.3 is 59.2 Å². The van der Waals surface area contributed by atoms with Crippen molar-refractivity contribution in [2.75, 3.05) is 0 Å². The topological polar surface area (TPSA) is 135 Å². The summed E-state index contributed by atoms with van der Waals surface area (Å²) < 4.78 is 40.0. The van der Waals surface area contributed by atoms with Gasteiger partial charge in [0.15, 0.2) is 0 Å². The summed E-state index contributed by atoms with van der Waals surface area (Å²) in [5, 5.41) is 0. The molecule has 0 saturated heterocycles. The average molecular weight is 308 g/mol. The predicted molar refractivity (Wildman–Crippen MR) is 53.4 cm³/mol. The molecule has 0 aliphatic rings. The van der Waals surface area contributed by atoms with E-state index in [4.69, 9.17) is 19.2 Å². The fraction of sp³-hybridized carbons (Fsp3) is 0.143. The third-order valence-electron chi connectivity index (χ3n) is 1.31. The molecule has 7 nitrogen and oxygen atoms in total. The first-order valence-corrected chi connectivity index (χ1v) is 6.78. The Morgan fingerprint density at radius 2 is 1.41 bits per heavy atom. The Hall–Kier alpha value is 0.876. The van der Waals surface area contributed by atoms with Gasteiger partial charge in [-0.3, -0.25) is 0 Å². The standard InChI is InChI=1S/C7H8O3S.K.H3O4P/c1-6-2-4-7(5-3-6)11(8,9)10;;1-5(2,3)4/h2-5H,1H3,(H,8,9,10);;(H3,1,2,3,4)/q;+1;/p-1. The second kappa shape index (κ2) is 8.13. The summed E-state index contributed by atoms with van der Waals surface area (Å²) in [6.07, 6.45) is 0. The van der Waals surface area contributed by atoms with Gasteiger partial charge < -0.3 is 19.2 Å². The van der Waals surface area contributed by atoms with Crippen LogP contribution in [0.25, 0.3) is 0 Å². The monoisotopic (exact) mass is 308 g/mol. The van der Waals surface area contributed by atoms with Crippen molar-refractivity contribution in [2.45, 2.75) is 11.8 Å². The molecule has 10 heteroatoms. The molecule has 1 rings (SSSR count). The fourth-order valence-corrected chi connectivity index (χ4v) is 1.17. The van der Waals surface area contributed by atoms with Gasteiger partial charge in [-0.2, -0.15) is 0 Å². The second-order valence-electron chi connectivity index (χ2n) is 2.78. The largest absolute Gasteiger partial charge is 1.00 e. The zero-order valence-electron chi connectivity index (χ0n) is 9.14. The van der Waals surface area contributed by atoms with E-state index in [0.717, 1.165) is 5.56 Å². The minimum Gasteiger partial charge on any atom is -0.744 e. The second-order valence-corrected chi connectivity index (χ2v) is 5.19. The maximum absolute atomic E-state index is 10.4. The van der Waals surface area contributed by atoms with E-state index in [9.17, 15) is 13.0 Å². The van der Waals surface area contributed by atoms with Crippen LogP contribution in [0.3, 0.4) is 0 Å². The zero-order chi connectivity index (χ0) is 13.0. The van der Waals surface area contributed by atoms with E-state index in [2.05, 4.69) is 0 Å². The molecule has 0 bridgehead atoms. The SMILES string of the molecule is Cc1ccc(S(=O)(=O)[O-])cc1.O=P(O)(O)O.[K+]. The van der Waals surface area contributed by atoms with E-state index in [1.807, 2.05) is 6.92 Å². The first kappa shape index (κ1) is 20.2. The Bertz CT molecular complexity index is 469. The van der Waals surface area contributed by atoms with Gasteiger partial charge in [0.1, 0.15) is 10.1 Å². The van der Waals surface area contributed by atoms with Crippen LogP contribution in [0.4, 0.5) is 0 Å². The van der Waals surface area contributed by atoms with Crippen molar-refractivity contribution < 1.29 is 83.6 Å². The van der Waals surface area contributed by atoms with E-state index in [1.165, 1.54) is 12.1 Å². The fourth-order valence-electron chi connectivity index (χ4n) is 0.705. The molecule has 1 aromatic carbocycles. The van der Waals surface area contributed by atoms with Crippen LogP contribution in [0.1, 0.15) is 5.56 Å². The van der Waals surface area contributed by atoms with Gasteiger partial charge in [-0.05, 0) is 19.1 Å². The number of benzene rings is 1. The van der Waals surface area contributed by atoms with E-state index in [1.54, 1.807) is 12.1 Å². The molecule has 17 heavy (non-hydrogen) atoms. The molecule has 3 N–H and O–H groups in total. The summed E-state index contributed by atoms with van der Waals surface area (Å²) in [5.74, 6) is 0. The summed E-state index contributed by atoms with van der Waals surface area (Å²) in [6.45, 7) is 1.82. The van der Waals surface area contributed by atoms with Gasteiger partial charge in [-0.25, -0.2) is 13.0 Å². The van der Waals surface area contributed by atoms with E-state index < -0.39 is 17.9 Å². The molecule has 0 radical (unpaired) electrons. The number of hydrogen-bond acceptors (Lipinski definition) is 4. The third-order valence-corrected chi connectivity index (χ3v) is 2.16. The molecule has 0 aliphatic carbocycles. The van der Waals surface area contributed by atoms with Crippen molar-refractivity contribution in [1.82, 2.24) is 0 Å². The van der Waals surface area contributed by atoms with Gasteiger partial charge in [-0.15, -0.1) is 0 Å². The molecule has 0 atom stereocenters. The molecular formula is C7H10KO7PS. The van der Waals surface area contributed by atoms with Crippen molar-refractivity contribution in [2.24, 2.45) is 0 Å². The zero-order valence-corrected chi connectivity index (χ0v) is 14.0. The maximum atomic E-state index is 10.4. The minimum atomic E-state index is -4.64. The van der Waals surface area contributed by atoms with Gasteiger partial charge in [0.2, 0.25) is 0 Å². The van der Waals surface area contributed by atoms with E-state index in [0.29, 0.717) is 0 Å². The van der Waals surface area contributed by atoms with Crippen LogP contribution >= 0.6 is 7.82 Å². The summed E-state index contributed by atoms with van der Waals surface area (Å²) in [5.41, 5.74) is 0.928. The van der Waals surface area contributed by atoms with Crippen LogP contribution < -0.4 is 51.4 Å². The molecule has 0 aliphatic heterocycles. The van der Waals surface area contributed by atoms with Gasteiger partial charge in [0, 0.05) is 0 Å². The third kappa shape index (κ3) is 13.1. The quantitative estimate of drug-likeness (QED) is 0.285. The Morgan fingerprint density at radius 3 is 1.65 bits per heavy atom. The molecule has 0 heterocycles. The van der Waals surface area contributed by atoms with Crippen molar-refractivity contribution in [3.63, 3.8) is 0 Å². The molecule has 1 aromatic rings. The molecule has 0 amide bonds. The Balaban J connectivity index is 0. The molecule has 0 spiro atoms. The summed E-state index contributed by atoms with van der Waals surface area (Å²) in [4.78, 5) is 21.4. The first-order valence-electron chi connectivity index (χ1n) is 3.81. The summed E-state index contributed by atoms with van der Waals surface area (Å²) in [6, 6.07) is 5.78. The summed E-state index contributed by atoms with van der Waals surface area (Å²) >= 11 is 0. The Kier molecular flexibility index (Phi) is 9.66. The summed E-state index contributed by atoms with van der Waals surface area (Å²) in [7, 11) is -8.91. The maximum Gasteiger partial charge on any atom is 1.00 e. The number of aryl methyl sites for hydroxylation is 1. The number of phosphoric acid groups is 1. The minimum absolute atomic E-state index is 0. The van der Waals surface area contributed by atoms with Gasteiger partial charge in [-0.1, -0.05) is 17.7 Å². The van der Waals surface area contributed by atoms with Crippen LogP contribution in [0, 0.1) is 6.92 Å². The predicted octanol–water partition coefficient (Wildman–Crippen LogP) is -3.03. The van der Waals surface area contributed by atoms with Crippen LogP contribution in [0.15, 0.2) is 29.2 Å². The smallest absolute Gasteiger partial charge is 0.744 e.